The maximum Gasteiger partial charge on any atom is 0.334 e. The lowest BCUT2D eigenvalue weighted by atomic mass is 9.83. The predicted molar refractivity (Wildman–Crippen MR) is 63.4 cm³/mol. The van der Waals surface area contributed by atoms with Crippen LogP contribution >= 0.6 is 0 Å². The Kier molecular flexibility index (Phi) is 3.28. The number of hydrogen-bond donors (Lipinski definition) is 3. The zero-order valence-electron chi connectivity index (χ0n) is 9.98. The van der Waals surface area contributed by atoms with Crippen LogP contribution in [0.3, 0.4) is 0 Å². The molecule has 2 rings (SSSR count). The van der Waals surface area contributed by atoms with Gasteiger partial charge >= 0.3 is 12.0 Å². The molecule has 6 nitrogen and oxygen atoms in total. The fourth-order valence-corrected chi connectivity index (χ4v) is 2.18. The van der Waals surface area contributed by atoms with E-state index in [2.05, 4.69) is 5.32 Å². The van der Waals surface area contributed by atoms with Crippen LogP contribution in [0.1, 0.15) is 17.5 Å². The van der Waals surface area contributed by atoms with Crippen LogP contribution < -0.4 is 15.8 Å². The van der Waals surface area contributed by atoms with E-state index in [0.29, 0.717) is 11.3 Å². The minimum atomic E-state index is -1.68. The van der Waals surface area contributed by atoms with Crippen LogP contribution in [0.25, 0.3) is 0 Å². The molecule has 1 aliphatic rings. The smallest absolute Gasteiger partial charge is 0.334 e. The normalized spacial score (nSPS) is 21.1. The minimum Gasteiger partial charge on any atom is -0.493 e. The number of amides is 2. The fourth-order valence-electron chi connectivity index (χ4n) is 2.18. The van der Waals surface area contributed by atoms with E-state index >= 15 is 0 Å². The summed E-state index contributed by atoms with van der Waals surface area (Å²) in [6.07, 6.45) is 0.0218. The zero-order chi connectivity index (χ0) is 14.0. The number of aliphatic carboxylic acids is 1. The van der Waals surface area contributed by atoms with E-state index in [1.54, 1.807) is 0 Å². The van der Waals surface area contributed by atoms with Crippen molar-refractivity contribution in [2.24, 2.45) is 5.73 Å². The first-order chi connectivity index (χ1) is 8.99. The number of fused-ring (bicyclic) bond motifs is 1. The minimum absolute atomic E-state index is 0.0218. The van der Waals surface area contributed by atoms with Crippen LogP contribution in [-0.2, 0) is 17.0 Å². The second-order valence-corrected chi connectivity index (χ2v) is 4.26. The van der Waals surface area contributed by atoms with E-state index in [4.69, 9.17) is 10.5 Å². The Morgan fingerprint density at radius 2 is 2.26 bits per heavy atom. The van der Waals surface area contributed by atoms with Crippen molar-refractivity contribution in [1.29, 1.82) is 0 Å². The van der Waals surface area contributed by atoms with Gasteiger partial charge in [-0.3, -0.25) is 0 Å². The molecule has 1 unspecified atom stereocenters. The average molecular weight is 268 g/mol. The van der Waals surface area contributed by atoms with Gasteiger partial charge in [-0.05, 0) is 17.7 Å². The molecule has 1 aliphatic heterocycles. The van der Waals surface area contributed by atoms with Crippen LogP contribution in [0.2, 0.25) is 0 Å². The number of halogens is 1. The van der Waals surface area contributed by atoms with E-state index in [-0.39, 0.29) is 18.6 Å². The number of primary amides is 1. The summed E-state index contributed by atoms with van der Waals surface area (Å²) in [4.78, 5) is 22.6. The molecule has 19 heavy (non-hydrogen) atoms. The molecule has 2 amide bonds. The maximum absolute atomic E-state index is 12.7. The van der Waals surface area contributed by atoms with E-state index in [1.807, 2.05) is 0 Å². The first-order valence-electron chi connectivity index (χ1n) is 5.63. The highest BCUT2D eigenvalue weighted by Crippen LogP contribution is 2.38. The lowest BCUT2D eigenvalue weighted by Gasteiger charge is -2.35. The van der Waals surface area contributed by atoms with Crippen LogP contribution in [0.4, 0.5) is 9.18 Å². The van der Waals surface area contributed by atoms with Crippen LogP contribution in [-0.4, -0.2) is 23.7 Å². The lowest BCUT2D eigenvalue weighted by Crippen LogP contribution is -2.55. The lowest BCUT2D eigenvalue weighted by molar-refractivity contribution is -0.146. The second-order valence-electron chi connectivity index (χ2n) is 4.26. The van der Waals surface area contributed by atoms with Crippen LogP contribution in [0, 0.1) is 0 Å². The van der Waals surface area contributed by atoms with Crippen LogP contribution in [0.15, 0.2) is 18.2 Å². The number of carbonyl (C=O) groups excluding carboxylic acids is 1. The highest BCUT2D eigenvalue weighted by molar-refractivity contribution is 5.88. The van der Waals surface area contributed by atoms with Crippen molar-refractivity contribution in [2.75, 3.05) is 6.61 Å². The number of benzene rings is 1. The van der Waals surface area contributed by atoms with Gasteiger partial charge in [-0.2, -0.15) is 0 Å². The summed E-state index contributed by atoms with van der Waals surface area (Å²) < 4.78 is 18.0. The standard InChI is InChI=1S/C12H13FN2O4/c13-6-7-1-2-9-8(5-7)12(10(16)17,3-4-19-9)15-11(14)18/h1-2,5H,3-4,6H2,(H,16,17)(H3,14,15,18). The molecule has 0 aromatic heterocycles. The van der Waals surface area contributed by atoms with Gasteiger partial charge in [-0.1, -0.05) is 6.07 Å². The van der Waals surface area contributed by atoms with Gasteiger partial charge in [0.1, 0.15) is 12.4 Å². The van der Waals surface area contributed by atoms with Gasteiger partial charge < -0.3 is 20.9 Å². The molecular weight excluding hydrogens is 255 g/mol. The molecule has 0 radical (unpaired) electrons. The third-order valence-electron chi connectivity index (χ3n) is 3.09. The Labute approximate surface area is 108 Å². The summed E-state index contributed by atoms with van der Waals surface area (Å²) in [7, 11) is 0. The van der Waals surface area contributed by atoms with Gasteiger partial charge in [0.15, 0.2) is 5.54 Å². The van der Waals surface area contributed by atoms with Gasteiger partial charge in [0.25, 0.3) is 0 Å². The summed E-state index contributed by atoms with van der Waals surface area (Å²) >= 11 is 0. The molecule has 1 heterocycles. The fraction of sp³-hybridized carbons (Fsp3) is 0.333. The van der Waals surface area contributed by atoms with E-state index in [1.165, 1.54) is 18.2 Å². The van der Waals surface area contributed by atoms with Crippen molar-refractivity contribution >= 4 is 12.0 Å². The molecule has 0 fully saturated rings. The third kappa shape index (κ3) is 2.18. The monoisotopic (exact) mass is 268 g/mol. The first kappa shape index (κ1) is 13.1. The molecule has 0 spiro atoms. The number of carboxylic acid groups (broad SMARTS) is 1. The Morgan fingerprint density at radius 3 is 2.84 bits per heavy atom. The number of hydrogen-bond acceptors (Lipinski definition) is 3. The van der Waals surface area contributed by atoms with Crippen molar-refractivity contribution in [2.45, 2.75) is 18.6 Å². The molecule has 7 heteroatoms. The molecule has 1 aromatic carbocycles. The van der Waals surface area contributed by atoms with Gasteiger partial charge in [-0.15, -0.1) is 0 Å². The third-order valence-corrected chi connectivity index (χ3v) is 3.09. The number of alkyl halides is 1. The molecule has 102 valence electrons. The number of urea groups is 1. The summed E-state index contributed by atoms with van der Waals surface area (Å²) in [5, 5.41) is 11.7. The Bertz CT molecular complexity index is 534. The summed E-state index contributed by atoms with van der Waals surface area (Å²) in [5.41, 5.74) is 3.88. The Hall–Kier alpha value is -2.31. The molecule has 0 saturated heterocycles. The molecular formula is C12H13FN2O4. The SMILES string of the molecule is NC(=O)NC1(C(=O)O)CCOc2ccc(CF)cc21. The number of nitrogens with one attached hydrogen (secondary N) is 1. The van der Waals surface area contributed by atoms with Crippen molar-refractivity contribution < 1.29 is 23.8 Å². The van der Waals surface area contributed by atoms with Crippen LogP contribution in [0.5, 0.6) is 5.75 Å². The maximum atomic E-state index is 12.7. The Balaban J connectivity index is 2.59. The van der Waals surface area contributed by atoms with Gasteiger partial charge in [0, 0.05) is 12.0 Å². The van der Waals surface area contributed by atoms with Gasteiger partial charge in [-0.25, -0.2) is 14.0 Å². The van der Waals surface area contributed by atoms with Crippen molar-refractivity contribution in [3.63, 3.8) is 0 Å². The van der Waals surface area contributed by atoms with Crippen molar-refractivity contribution in [3.05, 3.63) is 29.3 Å². The molecule has 0 bridgehead atoms. The molecule has 4 N–H and O–H groups in total. The second kappa shape index (κ2) is 4.75. The number of rotatable bonds is 3. The van der Waals surface area contributed by atoms with Gasteiger partial charge in [0.2, 0.25) is 0 Å². The van der Waals surface area contributed by atoms with E-state index < -0.39 is 24.2 Å². The van der Waals surface area contributed by atoms with Gasteiger partial charge in [0.05, 0.1) is 6.61 Å². The predicted octanol–water partition coefficient (Wildman–Crippen LogP) is 0.887. The molecule has 0 aliphatic carbocycles. The summed E-state index contributed by atoms with van der Waals surface area (Å²) in [6.45, 7) is -0.617. The topological polar surface area (TPSA) is 102 Å². The zero-order valence-corrected chi connectivity index (χ0v) is 9.98. The van der Waals surface area contributed by atoms with E-state index in [9.17, 15) is 19.1 Å². The summed E-state index contributed by atoms with van der Waals surface area (Å²) in [6, 6.07) is 3.41. The largest absolute Gasteiger partial charge is 0.493 e. The van der Waals surface area contributed by atoms with E-state index in [0.717, 1.165) is 0 Å². The summed E-state index contributed by atoms with van der Waals surface area (Å²) in [5.74, 6) is -0.952. The first-order valence-corrected chi connectivity index (χ1v) is 5.63. The highest BCUT2D eigenvalue weighted by Gasteiger charge is 2.46. The highest BCUT2D eigenvalue weighted by atomic mass is 19.1. The number of carbonyl (C=O) groups is 2. The molecule has 1 atom stereocenters. The number of ether oxygens (including phenoxy) is 1. The average Bonchev–Trinajstić information content (AvgIpc) is 2.37. The van der Waals surface area contributed by atoms with Crippen molar-refractivity contribution in [1.82, 2.24) is 5.32 Å². The Morgan fingerprint density at radius 1 is 1.53 bits per heavy atom. The quantitative estimate of drug-likeness (QED) is 0.757. The number of carboxylic acids is 1. The molecule has 0 saturated carbocycles. The number of nitrogens with two attached hydrogens (primary N) is 1. The van der Waals surface area contributed by atoms with Crippen molar-refractivity contribution in [3.8, 4) is 5.75 Å². The molecule has 1 aromatic rings.